The van der Waals surface area contributed by atoms with Crippen molar-refractivity contribution in [1.29, 1.82) is 0 Å². The molecule has 2 aromatic carbocycles. The van der Waals surface area contributed by atoms with Crippen LogP contribution in [0.2, 0.25) is 0 Å². The Labute approximate surface area is 107 Å². The third kappa shape index (κ3) is 1.93. The fraction of sp³-hybridized carbons (Fsp3) is 0.312. The van der Waals surface area contributed by atoms with Gasteiger partial charge < -0.3 is 5.32 Å². The molecule has 18 heavy (non-hydrogen) atoms. The lowest BCUT2D eigenvalue weighted by atomic mass is 9.85. The van der Waals surface area contributed by atoms with Gasteiger partial charge in [-0.1, -0.05) is 36.4 Å². The second-order valence-corrected chi connectivity index (χ2v) is 4.95. The van der Waals surface area contributed by atoms with Gasteiger partial charge >= 0.3 is 0 Å². The summed E-state index contributed by atoms with van der Waals surface area (Å²) in [7, 11) is 0. The molecule has 0 aliphatic carbocycles. The minimum Gasteiger partial charge on any atom is -0.316 e. The molecule has 1 aliphatic rings. The highest BCUT2D eigenvalue weighted by molar-refractivity contribution is 5.93. The van der Waals surface area contributed by atoms with Crippen molar-refractivity contribution >= 4 is 17.1 Å². The molecule has 2 nitrogen and oxygen atoms in total. The van der Waals surface area contributed by atoms with Crippen LogP contribution in [0.15, 0.2) is 36.4 Å². The van der Waals surface area contributed by atoms with Crippen LogP contribution in [0.3, 0.4) is 0 Å². The van der Waals surface area contributed by atoms with E-state index in [1.54, 1.807) is 0 Å². The maximum Gasteiger partial charge on any atom is 0.150 e. The predicted octanol–water partition coefficient (Wildman–Crippen LogP) is 3.12. The summed E-state index contributed by atoms with van der Waals surface area (Å²) in [5.74, 6) is 0.463. The summed E-state index contributed by atoms with van der Waals surface area (Å²) in [6.45, 7) is 2.08. The number of aldehydes is 1. The number of fused-ring (bicyclic) bond motifs is 1. The van der Waals surface area contributed by atoms with Gasteiger partial charge in [0, 0.05) is 12.1 Å². The lowest BCUT2D eigenvalue weighted by Crippen LogP contribution is -2.29. The van der Waals surface area contributed by atoms with Gasteiger partial charge in [0.2, 0.25) is 0 Å². The van der Waals surface area contributed by atoms with E-state index in [-0.39, 0.29) is 0 Å². The molecule has 1 fully saturated rings. The van der Waals surface area contributed by atoms with Crippen molar-refractivity contribution in [3.8, 4) is 0 Å². The fourth-order valence-electron chi connectivity index (χ4n) is 2.97. The topological polar surface area (TPSA) is 29.1 Å². The fourth-order valence-corrected chi connectivity index (χ4v) is 2.97. The second kappa shape index (κ2) is 4.91. The molecule has 1 saturated heterocycles. The molecule has 0 saturated carbocycles. The van der Waals surface area contributed by atoms with Crippen LogP contribution in [0.5, 0.6) is 0 Å². The first kappa shape index (κ1) is 11.4. The van der Waals surface area contributed by atoms with Crippen LogP contribution in [0.1, 0.15) is 34.7 Å². The summed E-state index contributed by atoms with van der Waals surface area (Å²) >= 11 is 0. The standard InChI is InChI=1S/C16H17NO/c18-11-14-8-7-12-4-1-2-6-15(12)16(14)13-5-3-9-17-10-13/h1-2,4,6-8,11,13,17H,3,5,9-10H2. The molecule has 3 rings (SSSR count). The van der Waals surface area contributed by atoms with Crippen LogP contribution < -0.4 is 5.32 Å². The molecule has 2 aromatic rings. The highest BCUT2D eigenvalue weighted by Crippen LogP contribution is 2.32. The molecule has 0 radical (unpaired) electrons. The van der Waals surface area contributed by atoms with Crippen molar-refractivity contribution in [3.63, 3.8) is 0 Å². The number of rotatable bonds is 2. The summed E-state index contributed by atoms with van der Waals surface area (Å²) < 4.78 is 0. The van der Waals surface area contributed by atoms with E-state index >= 15 is 0 Å². The predicted molar refractivity (Wildman–Crippen MR) is 74.2 cm³/mol. The van der Waals surface area contributed by atoms with Crippen molar-refractivity contribution in [2.24, 2.45) is 0 Å². The lowest BCUT2D eigenvalue weighted by Gasteiger charge is -2.25. The van der Waals surface area contributed by atoms with Crippen LogP contribution in [0.25, 0.3) is 10.8 Å². The molecular formula is C16H17NO. The molecule has 0 spiro atoms. The van der Waals surface area contributed by atoms with E-state index in [1.807, 2.05) is 18.2 Å². The number of carbonyl (C=O) groups excluding carboxylic acids is 1. The van der Waals surface area contributed by atoms with Gasteiger partial charge in [0.1, 0.15) is 6.29 Å². The van der Waals surface area contributed by atoms with Crippen molar-refractivity contribution in [1.82, 2.24) is 5.32 Å². The molecule has 1 unspecified atom stereocenters. The average molecular weight is 239 g/mol. The maximum atomic E-state index is 11.3. The molecule has 1 atom stereocenters. The van der Waals surface area contributed by atoms with Gasteiger partial charge in [-0.2, -0.15) is 0 Å². The van der Waals surface area contributed by atoms with Crippen LogP contribution in [0.4, 0.5) is 0 Å². The quantitative estimate of drug-likeness (QED) is 0.816. The third-order valence-electron chi connectivity index (χ3n) is 3.84. The highest BCUT2D eigenvalue weighted by atomic mass is 16.1. The lowest BCUT2D eigenvalue weighted by molar-refractivity contribution is 0.112. The monoisotopic (exact) mass is 239 g/mol. The Morgan fingerprint density at radius 2 is 2.06 bits per heavy atom. The number of nitrogens with one attached hydrogen (secondary N) is 1. The van der Waals surface area contributed by atoms with E-state index in [0.717, 1.165) is 24.9 Å². The van der Waals surface area contributed by atoms with Crippen molar-refractivity contribution < 1.29 is 4.79 Å². The molecule has 1 aliphatic heterocycles. The Balaban J connectivity index is 2.19. The van der Waals surface area contributed by atoms with Crippen molar-refractivity contribution in [2.75, 3.05) is 13.1 Å². The van der Waals surface area contributed by atoms with E-state index in [1.165, 1.54) is 29.2 Å². The molecule has 92 valence electrons. The molecule has 0 aromatic heterocycles. The second-order valence-electron chi connectivity index (χ2n) is 4.95. The van der Waals surface area contributed by atoms with Crippen molar-refractivity contribution in [3.05, 3.63) is 47.5 Å². The number of benzene rings is 2. The summed E-state index contributed by atoms with van der Waals surface area (Å²) in [4.78, 5) is 11.3. The minimum absolute atomic E-state index is 0.463. The molecule has 0 amide bonds. The zero-order valence-electron chi connectivity index (χ0n) is 10.4. The van der Waals surface area contributed by atoms with Gasteiger partial charge in [-0.3, -0.25) is 4.79 Å². The molecule has 1 heterocycles. The average Bonchev–Trinajstić information content (AvgIpc) is 2.47. The van der Waals surface area contributed by atoms with Gasteiger partial charge in [0.25, 0.3) is 0 Å². The van der Waals surface area contributed by atoms with Gasteiger partial charge in [0.15, 0.2) is 0 Å². The van der Waals surface area contributed by atoms with Gasteiger partial charge in [-0.25, -0.2) is 0 Å². The summed E-state index contributed by atoms with van der Waals surface area (Å²) in [6, 6.07) is 12.3. The van der Waals surface area contributed by atoms with Gasteiger partial charge in [0.05, 0.1) is 0 Å². The number of carbonyl (C=O) groups is 1. The molecule has 2 heteroatoms. The first-order valence-electron chi connectivity index (χ1n) is 6.57. The highest BCUT2D eigenvalue weighted by Gasteiger charge is 2.20. The summed E-state index contributed by atoms with van der Waals surface area (Å²) in [5, 5.41) is 5.89. The summed E-state index contributed by atoms with van der Waals surface area (Å²) in [5.41, 5.74) is 2.08. The van der Waals surface area contributed by atoms with Crippen LogP contribution in [-0.2, 0) is 0 Å². The Morgan fingerprint density at radius 3 is 2.83 bits per heavy atom. The van der Waals surface area contributed by atoms with Crippen molar-refractivity contribution in [2.45, 2.75) is 18.8 Å². The maximum absolute atomic E-state index is 11.3. The Kier molecular flexibility index (Phi) is 3.11. The number of hydrogen-bond donors (Lipinski definition) is 1. The smallest absolute Gasteiger partial charge is 0.150 e. The van der Waals surface area contributed by atoms with E-state index in [0.29, 0.717) is 5.92 Å². The zero-order valence-corrected chi connectivity index (χ0v) is 10.4. The normalized spacial score (nSPS) is 19.9. The van der Waals surface area contributed by atoms with Crippen LogP contribution in [0, 0.1) is 0 Å². The number of hydrogen-bond acceptors (Lipinski definition) is 2. The number of piperidine rings is 1. The van der Waals surface area contributed by atoms with Crippen LogP contribution in [-0.4, -0.2) is 19.4 Å². The van der Waals surface area contributed by atoms with E-state index in [4.69, 9.17) is 0 Å². The first-order chi connectivity index (χ1) is 8.90. The Morgan fingerprint density at radius 1 is 1.17 bits per heavy atom. The largest absolute Gasteiger partial charge is 0.316 e. The van der Waals surface area contributed by atoms with E-state index in [2.05, 4.69) is 23.5 Å². The Bertz CT molecular complexity index is 570. The minimum atomic E-state index is 0.463. The Hall–Kier alpha value is -1.67. The molecule has 1 N–H and O–H groups in total. The zero-order chi connectivity index (χ0) is 12.4. The molecule has 0 bridgehead atoms. The summed E-state index contributed by atoms with van der Waals surface area (Å²) in [6.07, 6.45) is 3.35. The van der Waals surface area contributed by atoms with E-state index in [9.17, 15) is 4.79 Å². The van der Waals surface area contributed by atoms with Crippen LogP contribution >= 0.6 is 0 Å². The first-order valence-corrected chi connectivity index (χ1v) is 6.57. The third-order valence-corrected chi connectivity index (χ3v) is 3.84. The van der Waals surface area contributed by atoms with Gasteiger partial charge in [-0.15, -0.1) is 0 Å². The van der Waals surface area contributed by atoms with Gasteiger partial charge in [-0.05, 0) is 41.6 Å². The SMILES string of the molecule is O=Cc1ccc2ccccc2c1C1CCCNC1. The molecular weight excluding hydrogens is 222 g/mol. The van der Waals surface area contributed by atoms with E-state index < -0.39 is 0 Å².